The molecule has 0 amide bonds. The zero-order valence-corrected chi connectivity index (χ0v) is 8.60. The number of benzene rings is 1. The van der Waals surface area contributed by atoms with Crippen molar-refractivity contribution in [3.63, 3.8) is 0 Å². The predicted molar refractivity (Wildman–Crippen MR) is 51.6 cm³/mol. The van der Waals surface area contributed by atoms with Gasteiger partial charge in [0, 0.05) is 0 Å². The van der Waals surface area contributed by atoms with E-state index in [-0.39, 0.29) is 0 Å². The first kappa shape index (κ1) is 12.0. The van der Waals surface area contributed by atoms with E-state index in [1.54, 1.807) is 13.8 Å². The monoisotopic (exact) mass is 218 g/mol. The highest BCUT2D eigenvalue weighted by Gasteiger charge is 2.30. The van der Waals surface area contributed by atoms with Gasteiger partial charge in [0.05, 0.1) is 11.7 Å². The minimum atomic E-state index is -4.30. The summed E-state index contributed by atoms with van der Waals surface area (Å²) in [5, 5.41) is 9.14. The zero-order chi connectivity index (χ0) is 11.6. The molecule has 0 spiro atoms. The molecule has 84 valence electrons. The van der Waals surface area contributed by atoms with Crippen LogP contribution in [0.15, 0.2) is 18.2 Å². The molecule has 0 unspecified atom stereocenters. The molecule has 1 aromatic rings. The lowest BCUT2D eigenvalue weighted by atomic mass is 10.0. The first-order valence-electron chi connectivity index (χ1n) is 4.65. The molecule has 1 N–H and O–H groups in total. The molecular formula is C11H13F3O. The predicted octanol–water partition coefficient (Wildman–Crippen LogP) is 2.94. The quantitative estimate of drug-likeness (QED) is 0.809. The van der Waals surface area contributed by atoms with Gasteiger partial charge in [0.1, 0.15) is 0 Å². The van der Waals surface area contributed by atoms with Crippen LogP contribution in [-0.2, 0) is 12.6 Å². The van der Waals surface area contributed by atoms with E-state index in [9.17, 15) is 13.2 Å². The number of hydrogen-bond donors (Lipinski definition) is 1. The molecule has 0 saturated carbocycles. The van der Waals surface area contributed by atoms with Crippen LogP contribution in [0, 0.1) is 6.92 Å². The average Bonchev–Trinajstić information content (AvgIpc) is 2.05. The van der Waals surface area contributed by atoms with Crippen molar-refractivity contribution in [1.82, 2.24) is 0 Å². The minimum absolute atomic E-state index is 0.379. The topological polar surface area (TPSA) is 20.2 Å². The number of alkyl halides is 3. The van der Waals surface area contributed by atoms with Gasteiger partial charge in [0.15, 0.2) is 0 Å². The van der Waals surface area contributed by atoms with Crippen LogP contribution in [0.25, 0.3) is 0 Å². The van der Waals surface area contributed by atoms with Gasteiger partial charge in [-0.05, 0) is 43.5 Å². The number of hydrogen-bond acceptors (Lipinski definition) is 1. The molecule has 0 heterocycles. The normalized spacial score (nSPS) is 14.0. The first-order valence-corrected chi connectivity index (χ1v) is 4.65. The van der Waals surface area contributed by atoms with E-state index in [0.29, 0.717) is 12.0 Å². The largest absolute Gasteiger partial charge is 0.416 e. The molecule has 1 atom stereocenters. The molecule has 1 nitrogen and oxygen atoms in total. The maximum Gasteiger partial charge on any atom is 0.416 e. The van der Waals surface area contributed by atoms with Crippen LogP contribution in [-0.4, -0.2) is 11.2 Å². The first-order chi connectivity index (χ1) is 6.80. The molecular weight excluding hydrogens is 205 g/mol. The van der Waals surface area contributed by atoms with Crippen LogP contribution in [0.4, 0.5) is 13.2 Å². The molecule has 0 radical (unpaired) electrons. The molecule has 15 heavy (non-hydrogen) atoms. The molecule has 0 aliphatic heterocycles. The van der Waals surface area contributed by atoms with Crippen LogP contribution < -0.4 is 0 Å². The lowest BCUT2D eigenvalue weighted by molar-refractivity contribution is -0.137. The lowest BCUT2D eigenvalue weighted by Gasteiger charge is -2.12. The summed E-state index contributed by atoms with van der Waals surface area (Å²) in [6.45, 7) is 3.23. The van der Waals surface area contributed by atoms with Crippen molar-refractivity contribution >= 4 is 0 Å². The smallest absolute Gasteiger partial charge is 0.393 e. The van der Waals surface area contributed by atoms with E-state index in [0.717, 1.165) is 17.7 Å². The fraction of sp³-hybridized carbons (Fsp3) is 0.455. The number of rotatable bonds is 2. The Hall–Kier alpha value is -1.03. The van der Waals surface area contributed by atoms with Gasteiger partial charge < -0.3 is 5.11 Å². The summed E-state index contributed by atoms with van der Waals surface area (Å²) in [7, 11) is 0. The Morgan fingerprint density at radius 3 is 2.33 bits per heavy atom. The number of aryl methyl sites for hydroxylation is 1. The van der Waals surface area contributed by atoms with Gasteiger partial charge in [-0.2, -0.15) is 13.2 Å². The standard InChI is InChI=1S/C11H13F3O/c1-7-5-10(11(12,13)14)4-3-9(7)6-8(2)15/h3-5,8,15H,6H2,1-2H3/t8-/m0/s1. The molecule has 1 aromatic carbocycles. The third-order valence-electron chi connectivity index (χ3n) is 2.19. The van der Waals surface area contributed by atoms with Gasteiger partial charge in [0.2, 0.25) is 0 Å². The number of aliphatic hydroxyl groups excluding tert-OH is 1. The fourth-order valence-electron chi connectivity index (χ4n) is 1.42. The molecule has 0 bridgehead atoms. The van der Waals surface area contributed by atoms with Crippen molar-refractivity contribution in [2.45, 2.75) is 32.5 Å². The second kappa shape index (κ2) is 4.23. The Morgan fingerprint density at radius 2 is 1.93 bits per heavy atom. The molecule has 0 fully saturated rings. The molecule has 4 heteroatoms. The molecule has 0 aliphatic carbocycles. The SMILES string of the molecule is Cc1cc(C(F)(F)F)ccc1C[C@H](C)O. The van der Waals surface area contributed by atoms with E-state index < -0.39 is 17.8 Å². The van der Waals surface area contributed by atoms with E-state index in [1.807, 2.05) is 0 Å². The second-order valence-corrected chi connectivity index (χ2v) is 3.69. The lowest BCUT2D eigenvalue weighted by Crippen LogP contribution is -2.09. The number of halogens is 3. The summed E-state index contributed by atoms with van der Waals surface area (Å²) in [5.41, 5.74) is 0.665. The summed E-state index contributed by atoms with van der Waals surface area (Å²) in [6, 6.07) is 3.58. The Morgan fingerprint density at radius 1 is 1.33 bits per heavy atom. The van der Waals surface area contributed by atoms with Gasteiger partial charge >= 0.3 is 6.18 Å². The van der Waals surface area contributed by atoms with E-state index in [1.165, 1.54) is 6.07 Å². The second-order valence-electron chi connectivity index (χ2n) is 3.69. The summed E-state index contributed by atoms with van der Waals surface area (Å²) in [4.78, 5) is 0. The van der Waals surface area contributed by atoms with Crippen LogP contribution >= 0.6 is 0 Å². The summed E-state index contributed by atoms with van der Waals surface area (Å²) < 4.78 is 36.9. The van der Waals surface area contributed by atoms with Gasteiger partial charge in [-0.1, -0.05) is 6.07 Å². The Labute approximate surface area is 86.5 Å². The van der Waals surface area contributed by atoms with Crippen LogP contribution in [0.2, 0.25) is 0 Å². The zero-order valence-electron chi connectivity index (χ0n) is 8.60. The van der Waals surface area contributed by atoms with Crippen molar-refractivity contribution < 1.29 is 18.3 Å². The summed E-state index contributed by atoms with van der Waals surface area (Å²) in [6.07, 6.45) is -4.46. The Bertz CT molecular complexity index is 342. The minimum Gasteiger partial charge on any atom is -0.393 e. The summed E-state index contributed by atoms with van der Waals surface area (Å²) >= 11 is 0. The molecule has 1 rings (SSSR count). The Balaban J connectivity index is 2.98. The molecule has 0 aliphatic rings. The number of aliphatic hydroxyl groups is 1. The van der Waals surface area contributed by atoms with Gasteiger partial charge in [-0.15, -0.1) is 0 Å². The van der Waals surface area contributed by atoms with Crippen molar-refractivity contribution in [2.75, 3.05) is 0 Å². The third-order valence-corrected chi connectivity index (χ3v) is 2.19. The van der Waals surface area contributed by atoms with E-state index >= 15 is 0 Å². The molecule has 0 saturated heterocycles. The van der Waals surface area contributed by atoms with Gasteiger partial charge in [-0.3, -0.25) is 0 Å². The van der Waals surface area contributed by atoms with Crippen molar-refractivity contribution in [2.24, 2.45) is 0 Å². The van der Waals surface area contributed by atoms with Crippen molar-refractivity contribution in [3.05, 3.63) is 34.9 Å². The summed E-state index contributed by atoms with van der Waals surface area (Å²) in [5.74, 6) is 0. The third kappa shape index (κ3) is 3.23. The maximum atomic E-state index is 12.3. The maximum absolute atomic E-state index is 12.3. The van der Waals surface area contributed by atoms with E-state index in [2.05, 4.69) is 0 Å². The van der Waals surface area contributed by atoms with Gasteiger partial charge in [0.25, 0.3) is 0 Å². The van der Waals surface area contributed by atoms with Crippen molar-refractivity contribution in [3.8, 4) is 0 Å². The molecule has 0 aromatic heterocycles. The Kier molecular flexibility index (Phi) is 3.39. The van der Waals surface area contributed by atoms with Crippen LogP contribution in [0.1, 0.15) is 23.6 Å². The van der Waals surface area contributed by atoms with Crippen molar-refractivity contribution in [1.29, 1.82) is 0 Å². The highest BCUT2D eigenvalue weighted by Crippen LogP contribution is 2.30. The van der Waals surface area contributed by atoms with E-state index in [4.69, 9.17) is 5.11 Å². The highest BCUT2D eigenvalue weighted by molar-refractivity contribution is 5.32. The fourth-order valence-corrected chi connectivity index (χ4v) is 1.42. The average molecular weight is 218 g/mol. The van der Waals surface area contributed by atoms with Gasteiger partial charge in [-0.25, -0.2) is 0 Å². The van der Waals surface area contributed by atoms with Crippen LogP contribution in [0.3, 0.4) is 0 Å². The van der Waals surface area contributed by atoms with Crippen LogP contribution in [0.5, 0.6) is 0 Å². The highest BCUT2D eigenvalue weighted by atomic mass is 19.4.